The summed E-state index contributed by atoms with van der Waals surface area (Å²) in [6.07, 6.45) is 0. The van der Waals surface area contributed by atoms with Gasteiger partial charge < -0.3 is 15.5 Å². The number of para-hydroxylation sites is 1. The molecule has 3 nitrogen and oxygen atoms in total. The topological polar surface area (TPSA) is 52.5 Å². The molecule has 2 aromatic carbocycles. The van der Waals surface area contributed by atoms with Gasteiger partial charge in [-0.1, -0.05) is 42.5 Å². The van der Waals surface area contributed by atoms with Crippen molar-refractivity contribution in [3.63, 3.8) is 0 Å². The number of hydrogen-bond donors (Lipinski definition) is 3. The van der Waals surface area contributed by atoms with E-state index in [0.29, 0.717) is 12.1 Å². The van der Waals surface area contributed by atoms with Crippen LogP contribution in [0.5, 0.6) is 11.5 Å². The van der Waals surface area contributed by atoms with Crippen molar-refractivity contribution in [2.24, 2.45) is 0 Å². The fourth-order valence-corrected chi connectivity index (χ4v) is 1.84. The maximum Gasteiger partial charge on any atom is 0.161 e. The third-order valence-electron chi connectivity index (χ3n) is 3.00. The summed E-state index contributed by atoms with van der Waals surface area (Å²) in [5, 5.41) is 22.4. The standard InChI is InChI=1S/C15H17NO2/c1-11(12-6-3-2-4-7-12)16-10-13-8-5-9-14(17)15(13)18/h2-9,11,16-18H,10H2,1H3/t11-/m0/s1. The molecule has 0 radical (unpaired) electrons. The molecule has 0 aliphatic heterocycles. The van der Waals surface area contributed by atoms with Crippen molar-refractivity contribution in [3.05, 3.63) is 59.7 Å². The van der Waals surface area contributed by atoms with Crippen LogP contribution < -0.4 is 5.32 Å². The minimum absolute atomic E-state index is 0.0507. The normalized spacial score (nSPS) is 12.3. The van der Waals surface area contributed by atoms with Crippen LogP contribution in [0.4, 0.5) is 0 Å². The summed E-state index contributed by atoms with van der Waals surface area (Å²) in [6, 6.07) is 15.3. The zero-order valence-corrected chi connectivity index (χ0v) is 10.3. The number of benzene rings is 2. The summed E-state index contributed by atoms with van der Waals surface area (Å²) in [7, 11) is 0. The highest BCUT2D eigenvalue weighted by Crippen LogP contribution is 2.28. The zero-order valence-electron chi connectivity index (χ0n) is 10.3. The second-order valence-electron chi connectivity index (χ2n) is 4.30. The van der Waals surface area contributed by atoms with Gasteiger partial charge in [0.1, 0.15) is 0 Å². The van der Waals surface area contributed by atoms with Crippen LogP contribution in [0.15, 0.2) is 48.5 Å². The molecule has 3 heteroatoms. The van der Waals surface area contributed by atoms with Gasteiger partial charge in [0.2, 0.25) is 0 Å². The fraction of sp³-hybridized carbons (Fsp3) is 0.200. The first-order valence-corrected chi connectivity index (χ1v) is 5.96. The van der Waals surface area contributed by atoms with Gasteiger partial charge in [-0.05, 0) is 18.6 Å². The van der Waals surface area contributed by atoms with Gasteiger partial charge in [0.25, 0.3) is 0 Å². The molecule has 94 valence electrons. The molecule has 18 heavy (non-hydrogen) atoms. The lowest BCUT2D eigenvalue weighted by Gasteiger charge is -2.15. The van der Waals surface area contributed by atoms with E-state index in [9.17, 15) is 10.2 Å². The Morgan fingerprint density at radius 1 is 1.00 bits per heavy atom. The number of aromatic hydroxyl groups is 2. The summed E-state index contributed by atoms with van der Waals surface area (Å²) in [6.45, 7) is 2.57. The van der Waals surface area contributed by atoms with Crippen LogP contribution in [-0.4, -0.2) is 10.2 Å². The van der Waals surface area contributed by atoms with Crippen LogP contribution in [0.3, 0.4) is 0 Å². The predicted octanol–water partition coefficient (Wildman–Crippen LogP) is 2.95. The highest BCUT2D eigenvalue weighted by atomic mass is 16.3. The molecule has 0 saturated carbocycles. The smallest absolute Gasteiger partial charge is 0.161 e. The molecule has 0 spiro atoms. The van der Waals surface area contributed by atoms with Gasteiger partial charge in [0.05, 0.1) is 0 Å². The summed E-state index contributed by atoms with van der Waals surface area (Å²) >= 11 is 0. The minimum Gasteiger partial charge on any atom is -0.504 e. The van der Waals surface area contributed by atoms with Crippen molar-refractivity contribution >= 4 is 0 Å². The van der Waals surface area contributed by atoms with Crippen molar-refractivity contribution in [2.75, 3.05) is 0 Å². The Morgan fingerprint density at radius 3 is 2.44 bits per heavy atom. The van der Waals surface area contributed by atoms with E-state index in [2.05, 4.69) is 24.4 Å². The average molecular weight is 243 g/mol. The fourth-order valence-electron chi connectivity index (χ4n) is 1.84. The van der Waals surface area contributed by atoms with E-state index in [1.165, 1.54) is 11.6 Å². The summed E-state index contributed by atoms with van der Waals surface area (Å²) in [4.78, 5) is 0. The second kappa shape index (κ2) is 5.56. The van der Waals surface area contributed by atoms with Crippen molar-refractivity contribution in [3.8, 4) is 11.5 Å². The molecule has 0 aliphatic carbocycles. The van der Waals surface area contributed by atoms with Gasteiger partial charge in [0, 0.05) is 18.2 Å². The first-order valence-electron chi connectivity index (χ1n) is 5.96. The average Bonchev–Trinajstić information content (AvgIpc) is 2.41. The van der Waals surface area contributed by atoms with Crippen LogP contribution in [0.25, 0.3) is 0 Å². The molecule has 0 aliphatic rings. The maximum absolute atomic E-state index is 9.69. The number of phenols is 2. The Bertz CT molecular complexity index is 511. The van der Waals surface area contributed by atoms with Crippen LogP contribution >= 0.6 is 0 Å². The summed E-state index contributed by atoms with van der Waals surface area (Å²) < 4.78 is 0. The monoisotopic (exact) mass is 243 g/mol. The van der Waals surface area contributed by atoms with E-state index >= 15 is 0 Å². The highest BCUT2D eigenvalue weighted by molar-refractivity contribution is 5.44. The van der Waals surface area contributed by atoms with Gasteiger partial charge in [-0.25, -0.2) is 0 Å². The van der Waals surface area contributed by atoms with Gasteiger partial charge in [-0.2, -0.15) is 0 Å². The number of phenolic OH excluding ortho intramolecular Hbond substituents is 2. The molecule has 0 fully saturated rings. The Kier molecular flexibility index (Phi) is 3.85. The molecule has 0 aromatic heterocycles. The molecular formula is C15H17NO2. The lowest BCUT2D eigenvalue weighted by atomic mass is 10.1. The number of nitrogens with one attached hydrogen (secondary N) is 1. The quantitative estimate of drug-likeness (QED) is 0.724. The molecule has 2 aromatic rings. The Morgan fingerprint density at radius 2 is 1.72 bits per heavy atom. The van der Waals surface area contributed by atoms with Crippen LogP contribution in [-0.2, 0) is 6.54 Å². The van der Waals surface area contributed by atoms with Crippen LogP contribution in [0.2, 0.25) is 0 Å². The molecule has 0 heterocycles. The zero-order chi connectivity index (χ0) is 13.0. The van der Waals surface area contributed by atoms with E-state index in [-0.39, 0.29) is 17.5 Å². The maximum atomic E-state index is 9.69. The molecule has 3 N–H and O–H groups in total. The molecule has 1 atom stereocenters. The van der Waals surface area contributed by atoms with Gasteiger partial charge in [-0.15, -0.1) is 0 Å². The SMILES string of the molecule is C[C@H](NCc1cccc(O)c1O)c1ccccc1. The molecule has 2 rings (SSSR count). The number of hydrogen-bond acceptors (Lipinski definition) is 3. The Hall–Kier alpha value is -2.00. The molecule has 0 bridgehead atoms. The van der Waals surface area contributed by atoms with Crippen molar-refractivity contribution in [1.29, 1.82) is 0 Å². The van der Waals surface area contributed by atoms with E-state index in [1.807, 2.05) is 18.2 Å². The predicted molar refractivity (Wildman–Crippen MR) is 71.5 cm³/mol. The van der Waals surface area contributed by atoms with Crippen LogP contribution in [0.1, 0.15) is 24.1 Å². The van der Waals surface area contributed by atoms with E-state index < -0.39 is 0 Å². The lowest BCUT2D eigenvalue weighted by Crippen LogP contribution is -2.18. The molecular weight excluding hydrogens is 226 g/mol. The largest absolute Gasteiger partial charge is 0.504 e. The van der Waals surface area contributed by atoms with Gasteiger partial charge in [0.15, 0.2) is 11.5 Å². The highest BCUT2D eigenvalue weighted by Gasteiger charge is 2.08. The minimum atomic E-state index is -0.0818. The van der Waals surface area contributed by atoms with E-state index in [1.54, 1.807) is 12.1 Å². The lowest BCUT2D eigenvalue weighted by molar-refractivity contribution is 0.396. The second-order valence-corrected chi connectivity index (χ2v) is 4.30. The van der Waals surface area contributed by atoms with Crippen molar-refractivity contribution < 1.29 is 10.2 Å². The van der Waals surface area contributed by atoms with Crippen molar-refractivity contribution in [1.82, 2.24) is 5.32 Å². The van der Waals surface area contributed by atoms with Crippen molar-refractivity contribution in [2.45, 2.75) is 19.5 Å². The summed E-state index contributed by atoms with van der Waals surface area (Å²) in [5.74, 6) is -0.132. The Labute approximate surface area is 107 Å². The first-order chi connectivity index (χ1) is 8.68. The van der Waals surface area contributed by atoms with Crippen LogP contribution in [0, 0.1) is 0 Å². The van der Waals surface area contributed by atoms with Gasteiger partial charge in [-0.3, -0.25) is 0 Å². The molecule has 0 amide bonds. The first kappa shape index (κ1) is 12.5. The third-order valence-corrected chi connectivity index (χ3v) is 3.00. The molecule has 0 saturated heterocycles. The Balaban J connectivity index is 2.02. The molecule has 0 unspecified atom stereocenters. The van der Waals surface area contributed by atoms with E-state index in [0.717, 1.165) is 0 Å². The third kappa shape index (κ3) is 2.81. The number of rotatable bonds is 4. The summed E-state index contributed by atoms with van der Waals surface area (Å²) in [5.41, 5.74) is 1.88. The van der Waals surface area contributed by atoms with Gasteiger partial charge >= 0.3 is 0 Å². The van der Waals surface area contributed by atoms with E-state index in [4.69, 9.17) is 0 Å².